The highest BCUT2D eigenvalue weighted by Crippen LogP contribution is 2.33. The van der Waals surface area contributed by atoms with Gasteiger partial charge in [-0.25, -0.2) is 17.9 Å². The molecule has 1 aliphatic rings. The molecule has 0 spiro atoms. The Bertz CT molecular complexity index is 1320. The molecule has 3 aromatic rings. The Hall–Kier alpha value is -3.46. The van der Waals surface area contributed by atoms with E-state index in [0.29, 0.717) is 24.1 Å². The van der Waals surface area contributed by atoms with Crippen molar-refractivity contribution in [2.75, 3.05) is 5.32 Å². The van der Waals surface area contributed by atoms with Gasteiger partial charge in [0.1, 0.15) is 0 Å². The third kappa shape index (κ3) is 6.40. The number of hydrogen-bond donors (Lipinski definition) is 4. The van der Waals surface area contributed by atoms with Crippen LogP contribution in [-0.4, -0.2) is 25.7 Å². The SMILES string of the molecule is CCCc1ccc(S(=O)(=O)N[C@@H]2c3cc(NC(=O)NC=Cc4ccccc4)ccc3CC[C@H]2O)cc1. The van der Waals surface area contributed by atoms with E-state index < -0.39 is 28.2 Å². The molecule has 188 valence electrons. The molecule has 0 bridgehead atoms. The van der Waals surface area contributed by atoms with E-state index in [9.17, 15) is 18.3 Å². The lowest BCUT2D eigenvalue weighted by atomic mass is 9.86. The van der Waals surface area contributed by atoms with Gasteiger partial charge in [-0.1, -0.05) is 61.9 Å². The van der Waals surface area contributed by atoms with Crippen molar-refractivity contribution in [3.05, 3.63) is 101 Å². The quantitative estimate of drug-likeness (QED) is 0.354. The lowest BCUT2D eigenvalue weighted by Gasteiger charge is -2.31. The first-order valence-corrected chi connectivity index (χ1v) is 13.6. The Morgan fingerprint density at radius 2 is 1.81 bits per heavy atom. The molecule has 0 aromatic heterocycles. The second-order valence-electron chi connectivity index (χ2n) is 8.86. The van der Waals surface area contributed by atoms with Crippen LogP contribution >= 0.6 is 0 Å². The molecule has 2 amide bonds. The van der Waals surface area contributed by atoms with Crippen molar-refractivity contribution in [2.45, 2.75) is 49.6 Å². The van der Waals surface area contributed by atoms with Gasteiger partial charge in [-0.05, 0) is 71.9 Å². The molecule has 0 fully saturated rings. The average molecular weight is 506 g/mol. The van der Waals surface area contributed by atoms with Crippen molar-refractivity contribution in [3.63, 3.8) is 0 Å². The number of benzene rings is 3. The first kappa shape index (κ1) is 25.6. The normalized spacial score (nSPS) is 17.5. The minimum absolute atomic E-state index is 0.153. The molecular weight excluding hydrogens is 474 g/mol. The Labute approximate surface area is 212 Å². The second-order valence-corrected chi connectivity index (χ2v) is 10.6. The van der Waals surface area contributed by atoms with E-state index in [-0.39, 0.29) is 4.90 Å². The molecule has 4 N–H and O–H groups in total. The molecule has 1 aliphatic carbocycles. The van der Waals surface area contributed by atoms with Crippen LogP contribution in [0.1, 0.15) is 48.1 Å². The van der Waals surface area contributed by atoms with Gasteiger partial charge in [0.2, 0.25) is 10.0 Å². The summed E-state index contributed by atoms with van der Waals surface area (Å²) in [7, 11) is -3.86. The van der Waals surface area contributed by atoms with Crippen molar-refractivity contribution in [3.8, 4) is 0 Å². The van der Waals surface area contributed by atoms with E-state index in [4.69, 9.17) is 0 Å². The van der Waals surface area contributed by atoms with Gasteiger partial charge in [0.15, 0.2) is 0 Å². The number of aryl methyl sites for hydroxylation is 2. The van der Waals surface area contributed by atoms with Crippen LogP contribution in [0, 0.1) is 0 Å². The Morgan fingerprint density at radius 3 is 2.53 bits per heavy atom. The van der Waals surface area contributed by atoms with Crippen LogP contribution in [-0.2, 0) is 22.9 Å². The van der Waals surface area contributed by atoms with E-state index in [0.717, 1.165) is 29.5 Å². The monoisotopic (exact) mass is 505 g/mol. The summed E-state index contributed by atoms with van der Waals surface area (Å²) in [5.41, 5.74) is 4.11. The number of hydrogen-bond acceptors (Lipinski definition) is 4. The van der Waals surface area contributed by atoms with Gasteiger partial charge in [0.05, 0.1) is 17.0 Å². The van der Waals surface area contributed by atoms with Gasteiger partial charge in [-0.3, -0.25) is 0 Å². The molecule has 7 nitrogen and oxygen atoms in total. The fourth-order valence-corrected chi connectivity index (χ4v) is 5.56. The number of aliphatic hydroxyl groups excluding tert-OH is 1. The molecule has 8 heteroatoms. The van der Waals surface area contributed by atoms with Crippen molar-refractivity contribution in [1.29, 1.82) is 0 Å². The molecule has 4 rings (SSSR count). The molecule has 0 saturated heterocycles. The predicted molar refractivity (Wildman–Crippen MR) is 142 cm³/mol. The predicted octanol–water partition coefficient (Wildman–Crippen LogP) is 4.76. The third-order valence-corrected chi connectivity index (χ3v) is 7.63. The highest BCUT2D eigenvalue weighted by molar-refractivity contribution is 7.89. The van der Waals surface area contributed by atoms with Gasteiger partial charge in [-0.15, -0.1) is 0 Å². The minimum atomic E-state index is -3.86. The Morgan fingerprint density at radius 1 is 1.06 bits per heavy atom. The number of nitrogens with one attached hydrogen (secondary N) is 3. The molecule has 0 heterocycles. The molecule has 36 heavy (non-hydrogen) atoms. The average Bonchev–Trinajstić information content (AvgIpc) is 2.87. The van der Waals surface area contributed by atoms with Crippen molar-refractivity contribution in [1.82, 2.24) is 10.0 Å². The summed E-state index contributed by atoms with van der Waals surface area (Å²) in [6.07, 6.45) is 5.36. The largest absolute Gasteiger partial charge is 0.391 e. The maximum absolute atomic E-state index is 13.1. The zero-order valence-electron chi connectivity index (χ0n) is 20.1. The van der Waals surface area contributed by atoms with E-state index in [1.54, 1.807) is 36.5 Å². The Balaban J connectivity index is 1.48. The lowest BCUT2D eigenvalue weighted by molar-refractivity contribution is 0.121. The summed E-state index contributed by atoms with van der Waals surface area (Å²) in [5, 5.41) is 16.1. The zero-order valence-corrected chi connectivity index (χ0v) is 21.0. The molecule has 0 unspecified atom stereocenters. The number of amides is 2. The summed E-state index contributed by atoms with van der Waals surface area (Å²) in [5.74, 6) is 0. The number of sulfonamides is 1. The fourth-order valence-electron chi connectivity index (χ4n) is 4.31. The number of anilines is 1. The molecule has 0 radical (unpaired) electrons. The van der Waals surface area contributed by atoms with E-state index >= 15 is 0 Å². The van der Waals surface area contributed by atoms with Crippen LogP contribution < -0.4 is 15.4 Å². The summed E-state index contributed by atoms with van der Waals surface area (Å²) >= 11 is 0. The molecule has 0 aliphatic heterocycles. The maximum atomic E-state index is 13.1. The highest BCUT2D eigenvalue weighted by atomic mass is 32.2. The highest BCUT2D eigenvalue weighted by Gasteiger charge is 2.32. The third-order valence-electron chi connectivity index (χ3n) is 6.18. The van der Waals surface area contributed by atoms with Crippen LogP contribution in [0.2, 0.25) is 0 Å². The molecule has 0 saturated carbocycles. The first-order chi connectivity index (χ1) is 17.4. The molecule has 2 atom stereocenters. The standard InChI is InChI=1S/C28H31N3O4S/c1-2-6-20-9-14-24(15-10-20)36(34,35)31-27-25-19-23(13-11-22(25)12-16-26(27)32)30-28(33)29-18-17-21-7-4-3-5-8-21/h3-5,7-11,13-15,17-19,26-27,31-32H,2,6,12,16H2,1H3,(H2,29,30,33)/t26-,27-/m1/s1. The minimum Gasteiger partial charge on any atom is -0.391 e. The number of urea groups is 1. The maximum Gasteiger partial charge on any atom is 0.323 e. The fraction of sp³-hybridized carbons (Fsp3) is 0.250. The Kier molecular flexibility index (Phi) is 8.20. The second kappa shape index (κ2) is 11.5. The summed E-state index contributed by atoms with van der Waals surface area (Å²) < 4.78 is 28.9. The smallest absolute Gasteiger partial charge is 0.323 e. The zero-order chi connectivity index (χ0) is 25.5. The number of carbonyl (C=O) groups is 1. The summed E-state index contributed by atoms with van der Waals surface area (Å²) in [4.78, 5) is 12.5. The molecule has 3 aromatic carbocycles. The number of aliphatic hydroxyl groups is 1. The number of fused-ring (bicyclic) bond motifs is 1. The van der Waals surface area contributed by atoms with Gasteiger partial charge in [0, 0.05) is 11.9 Å². The number of rotatable bonds is 8. The van der Waals surface area contributed by atoms with Crippen LogP contribution in [0.3, 0.4) is 0 Å². The van der Waals surface area contributed by atoms with Crippen LogP contribution in [0.25, 0.3) is 6.08 Å². The van der Waals surface area contributed by atoms with Crippen molar-refractivity contribution < 1.29 is 18.3 Å². The first-order valence-electron chi connectivity index (χ1n) is 12.1. The van der Waals surface area contributed by atoms with Crippen LogP contribution in [0.15, 0.2) is 83.9 Å². The van der Waals surface area contributed by atoms with E-state index in [1.807, 2.05) is 48.5 Å². The summed E-state index contributed by atoms with van der Waals surface area (Å²) in [6.45, 7) is 2.07. The number of carbonyl (C=O) groups excluding carboxylic acids is 1. The van der Waals surface area contributed by atoms with Crippen molar-refractivity contribution in [2.24, 2.45) is 0 Å². The van der Waals surface area contributed by atoms with Crippen LogP contribution in [0.4, 0.5) is 10.5 Å². The van der Waals surface area contributed by atoms with Gasteiger partial charge in [0.25, 0.3) is 0 Å². The van der Waals surface area contributed by atoms with E-state index in [2.05, 4.69) is 22.3 Å². The topological polar surface area (TPSA) is 108 Å². The molecular formula is C28H31N3O4S. The summed E-state index contributed by atoms with van der Waals surface area (Å²) in [6, 6.07) is 20.5. The van der Waals surface area contributed by atoms with Gasteiger partial charge >= 0.3 is 6.03 Å². The van der Waals surface area contributed by atoms with E-state index in [1.165, 1.54) is 0 Å². The van der Waals surface area contributed by atoms with Crippen molar-refractivity contribution >= 4 is 27.8 Å². The lowest BCUT2D eigenvalue weighted by Crippen LogP contribution is -2.39. The van der Waals surface area contributed by atoms with Gasteiger partial charge in [-0.2, -0.15) is 0 Å². The van der Waals surface area contributed by atoms with Crippen LogP contribution in [0.5, 0.6) is 0 Å². The van der Waals surface area contributed by atoms with Gasteiger partial charge < -0.3 is 15.7 Å².